The van der Waals surface area contributed by atoms with Gasteiger partial charge in [0.05, 0.1) is 0 Å². The lowest BCUT2D eigenvalue weighted by atomic mass is 10.7. The normalized spacial score (nSPS) is 10.0. The molecule has 78 valence electrons. The molecular formula is C7H14N6O. The summed E-state index contributed by atoms with van der Waals surface area (Å²) >= 11 is 0. The van der Waals surface area contributed by atoms with Crippen molar-refractivity contribution in [3.63, 3.8) is 0 Å². The first kappa shape index (κ1) is 10.5. The molecule has 0 saturated carbocycles. The number of hydrogen-bond donors (Lipinski definition) is 2. The van der Waals surface area contributed by atoms with Crippen molar-refractivity contribution in [2.75, 3.05) is 43.4 Å². The van der Waals surface area contributed by atoms with Crippen LogP contribution >= 0.6 is 0 Å². The van der Waals surface area contributed by atoms with Gasteiger partial charge in [0.2, 0.25) is 17.8 Å². The molecule has 1 aromatic rings. The van der Waals surface area contributed by atoms with E-state index in [-0.39, 0.29) is 12.7 Å². The van der Waals surface area contributed by atoms with Gasteiger partial charge < -0.3 is 20.6 Å². The lowest BCUT2D eigenvalue weighted by molar-refractivity contribution is 0.296. The Hall–Kier alpha value is -1.63. The fourth-order valence-corrected chi connectivity index (χ4v) is 0.803. The summed E-state index contributed by atoms with van der Waals surface area (Å²) in [5.41, 5.74) is 5.49. The van der Waals surface area contributed by atoms with Crippen molar-refractivity contribution in [3.05, 3.63) is 0 Å². The summed E-state index contributed by atoms with van der Waals surface area (Å²) in [5.74, 6) is 0.954. The summed E-state index contributed by atoms with van der Waals surface area (Å²) in [4.78, 5) is 15.1. The van der Waals surface area contributed by atoms with E-state index in [2.05, 4.69) is 15.0 Å². The van der Waals surface area contributed by atoms with Crippen LogP contribution in [0.4, 0.5) is 17.8 Å². The average molecular weight is 198 g/mol. The molecule has 0 aliphatic rings. The van der Waals surface area contributed by atoms with E-state index in [0.717, 1.165) is 0 Å². The smallest absolute Gasteiger partial charge is 0.233 e. The maximum atomic E-state index is 8.88. The van der Waals surface area contributed by atoms with Gasteiger partial charge in [0, 0.05) is 21.1 Å². The van der Waals surface area contributed by atoms with Crippen LogP contribution in [0.2, 0.25) is 0 Å². The van der Waals surface area contributed by atoms with Gasteiger partial charge in [-0.3, -0.25) is 0 Å². The van der Waals surface area contributed by atoms with Crippen LogP contribution in [0.1, 0.15) is 0 Å². The Labute approximate surface area is 82.2 Å². The van der Waals surface area contributed by atoms with Gasteiger partial charge in [-0.15, -0.1) is 0 Å². The van der Waals surface area contributed by atoms with Crippen molar-refractivity contribution >= 4 is 17.8 Å². The molecule has 0 aliphatic heterocycles. The van der Waals surface area contributed by atoms with E-state index in [1.807, 2.05) is 0 Å². The molecule has 7 nitrogen and oxygen atoms in total. The zero-order valence-electron chi connectivity index (χ0n) is 8.47. The third kappa shape index (κ3) is 2.19. The molecule has 0 aliphatic carbocycles. The van der Waals surface area contributed by atoms with Crippen LogP contribution in [0.3, 0.4) is 0 Å². The van der Waals surface area contributed by atoms with Crippen LogP contribution in [0, 0.1) is 0 Å². The molecule has 0 radical (unpaired) electrons. The number of rotatable bonds is 3. The molecule has 0 fully saturated rings. The maximum absolute atomic E-state index is 8.88. The third-order valence-corrected chi connectivity index (χ3v) is 1.58. The highest BCUT2D eigenvalue weighted by Crippen LogP contribution is 2.11. The Bertz CT molecular complexity index is 315. The number of aliphatic hydroxyl groups is 1. The molecule has 1 rings (SSSR count). The minimum absolute atomic E-state index is 0.138. The third-order valence-electron chi connectivity index (χ3n) is 1.58. The average Bonchev–Trinajstić information content (AvgIpc) is 2.15. The van der Waals surface area contributed by atoms with Gasteiger partial charge in [-0.05, 0) is 0 Å². The molecule has 0 amide bonds. The lowest BCUT2D eigenvalue weighted by Gasteiger charge is -2.16. The van der Waals surface area contributed by atoms with E-state index in [0.29, 0.717) is 11.9 Å². The van der Waals surface area contributed by atoms with Crippen LogP contribution in [0.25, 0.3) is 0 Å². The van der Waals surface area contributed by atoms with Crippen LogP contribution in [-0.4, -0.2) is 47.9 Å². The van der Waals surface area contributed by atoms with E-state index < -0.39 is 0 Å². The number of anilines is 3. The molecule has 0 unspecified atom stereocenters. The molecule has 1 heterocycles. The topological polar surface area (TPSA) is 91.4 Å². The SMILES string of the molecule is CN(C)c1nc(N)nc(N(C)CO)n1. The van der Waals surface area contributed by atoms with Gasteiger partial charge in [-0.2, -0.15) is 15.0 Å². The van der Waals surface area contributed by atoms with E-state index in [1.54, 1.807) is 26.0 Å². The summed E-state index contributed by atoms with van der Waals surface area (Å²) in [6.45, 7) is -0.170. The molecule has 0 aromatic carbocycles. The van der Waals surface area contributed by atoms with Gasteiger partial charge in [0.15, 0.2) is 0 Å². The second-order valence-electron chi connectivity index (χ2n) is 3.03. The fraction of sp³-hybridized carbons (Fsp3) is 0.571. The molecule has 0 saturated heterocycles. The standard InChI is InChI=1S/C7H14N6O/c1-12(2)6-9-5(8)10-7(11-6)13(3)4-14/h14H,4H2,1-3H3,(H2,8,9,10,11). The van der Waals surface area contributed by atoms with Gasteiger partial charge in [0.1, 0.15) is 6.73 Å². The number of nitrogens with two attached hydrogens (primary N) is 1. The van der Waals surface area contributed by atoms with E-state index >= 15 is 0 Å². The molecule has 0 bridgehead atoms. The van der Waals surface area contributed by atoms with Crippen molar-refractivity contribution in [1.29, 1.82) is 0 Å². The predicted molar refractivity (Wildman–Crippen MR) is 54.1 cm³/mol. The predicted octanol–water partition coefficient (Wildman–Crippen LogP) is -1.09. The number of nitrogens with zero attached hydrogens (tertiary/aromatic N) is 5. The van der Waals surface area contributed by atoms with Gasteiger partial charge in [0.25, 0.3) is 0 Å². The van der Waals surface area contributed by atoms with Crippen LogP contribution in [-0.2, 0) is 0 Å². The van der Waals surface area contributed by atoms with Gasteiger partial charge in [-0.1, -0.05) is 0 Å². The minimum atomic E-state index is -0.170. The van der Waals surface area contributed by atoms with Crippen molar-refractivity contribution < 1.29 is 5.11 Å². The van der Waals surface area contributed by atoms with E-state index in [9.17, 15) is 0 Å². The zero-order chi connectivity index (χ0) is 10.7. The van der Waals surface area contributed by atoms with Crippen molar-refractivity contribution in [1.82, 2.24) is 15.0 Å². The quantitative estimate of drug-likeness (QED) is 0.596. The first-order chi connectivity index (χ1) is 6.54. The molecule has 3 N–H and O–H groups in total. The highest BCUT2D eigenvalue weighted by molar-refractivity contribution is 5.41. The monoisotopic (exact) mass is 198 g/mol. The first-order valence-corrected chi connectivity index (χ1v) is 4.05. The first-order valence-electron chi connectivity index (χ1n) is 4.05. The van der Waals surface area contributed by atoms with Crippen LogP contribution in [0.5, 0.6) is 0 Å². The summed E-state index contributed by atoms with van der Waals surface area (Å²) < 4.78 is 0. The highest BCUT2D eigenvalue weighted by atomic mass is 16.3. The summed E-state index contributed by atoms with van der Waals surface area (Å²) in [7, 11) is 5.27. The van der Waals surface area contributed by atoms with Gasteiger partial charge in [-0.25, -0.2) is 0 Å². The van der Waals surface area contributed by atoms with Crippen molar-refractivity contribution in [3.8, 4) is 0 Å². The molecule has 7 heteroatoms. The number of hydrogen-bond acceptors (Lipinski definition) is 7. The van der Waals surface area contributed by atoms with Crippen molar-refractivity contribution in [2.24, 2.45) is 0 Å². The van der Waals surface area contributed by atoms with E-state index in [1.165, 1.54) is 4.90 Å². The summed E-state index contributed by atoms with van der Waals surface area (Å²) in [6.07, 6.45) is 0. The number of aliphatic hydroxyl groups excluding tert-OH is 1. The number of aromatic nitrogens is 3. The number of nitrogen functional groups attached to an aromatic ring is 1. The van der Waals surface area contributed by atoms with E-state index in [4.69, 9.17) is 10.8 Å². The van der Waals surface area contributed by atoms with Gasteiger partial charge >= 0.3 is 0 Å². The summed E-state index contributed by atoms with van der Waals surface area (Å²) in [5, 5.41) is 8.88. The maximum Gasteiger partial charge on any atom is 0.233 e. The summed E-state index contributed by atoms with van der Waals surface area (Å²) in [6, 6.07) is 0. The Morgan fingerprint density at radius 1 is 1.14 bits per heavy atom. The highest BCUT2D eigenvalue weighted by Gasteiger charge is 2.08. The van der Waals surface area contributed by atoms with Crippen LogP contribution < -0.4 is 15.5 Å². The lowest BCUT2D eigenvalue weighted by Crippen LogP contribution is -2.23. The molecule has 0 spiro atoms. The molecule has 0 atom stereocenters. The molecule has 1 aromatic heterocycles. The fourth-order valence-electron chi connectivity index (χ4n) is 0.803. The Morgan fingerprint density at radius 3 is 2.21 bits per heavy atom. The Balaban J connectivity index is 3.07. The second-order valence-corrected chi connectivity index (χ2v) is 3.03. The molecule has 14 heavy (non-hydrogen) atoms. The second kappa shape index (κ2) is 4.05. The Kier molecular flexibility index (Phi) is 3.03. The van der Waals surface area contributed by atoms with Crippen molar-refractivity contribution in [2.45, 2.75) is 0 Å². The molecular weight excluding hydrogens is 184 g/mol. The zero-order valence-corrected chi connectivity index (χ0v) is 8.47. The minimum Gasteiger partial charge on any atom is -0.376 e. The Morgan fingerprint density at radius 2 is 1.71 bits per heavy atom. The van der Waals surface area contributed by atoms with Crippen LogP contribution in [0.15, 0.2) is 0 Å². The largest absolute Gasteiger partial charge is 0.376 e.